The first kappa shape index (κ1) is 38.9. The van der Waals surface area contributed by atoms with Crippen molar-refractivity contribution in [3.63, 3.8) is 0 Å². The van der Waals surface area contributed by atoms with E-state index in [-0.39, 0.29) is 13.2 Å². The van der Waals surface area contributed by atoms with Crippen LogP contribution in [0.5, 0.6) is 11.5 Å². The molecule has 0 fully saturated rings. The molecule has 2 aromatic carbocycles. The van der Waals surface area contributed by atoms with E-state index in [9.17, 15) is 20.4 Å². The van der Waals surface area contributed by atoms with Gasteiger partial charge < -0.3 is 39.7 Å². The summed E-state index contributed by atoms with van der Waals surface area (Å²) in [4.78, 5) is 12.7. The Morgan fingerprint density at radius 3 is 1.42 bits per heavy atom. The second-order valence-electron chi connectivity index (χ2n) is 12.8. The van der Waals surface area contributed by atoms with Crippen molar-refractivity contribution >= 4 is 0 Å². The number of aromatic nitrogens is 2. The van der Waals surface area contributed by atoms with Crippen LogP contribution < -0.4 is 9.47 Å². The summed E-state index contributed by atoms with van der Waals surface area (Å²) in [6, 6.07) is 20.2. The number of aliphatic hydroxyl groups excluding tert-OH is 4. The second kappa shape index (κ2) is 21.3. The molecule has 4 N–H and O–H groups in total. The number of ether oxygens (including phenoxy) is 2. The molecule has 0 spiro atoms. The monoisotopic (exact) mass is 686 g/mol. The Kier molecular flexibility index (Phi) is 16.6. The molecule has 10 nitrogen and oxygen atoms in total. The maximum Gasteiger partial charge on any atom is 0.122 e. The molecule has 2 heterocycles. The highest BCUT2D eigenvalue weighted by molar-refractivity contribution is 5.74. The Morgan fingerprint density at radius 1 is 0.600 bits per heavy atom. The minimum atomic E-state index is -0.782. The van der Waals surface area contributed by atoms with Crippen molar-refractivity contribution in [1.82, 2.24) is 19.8 Å². The fourth-order valence-electron chi connectivity index (χ4n) is 6.03. The predicted octanol–water partition coefficient (Wildman–Crippen LogP) is 4.09. The number of benzene rings is 2. The summed E-state index contributed by atoms with van der Waals surface area (Å²) < 4.78 is 12.6. The van der Waals surface area contributed by atoms with Crippen LogP contribution in [-0.4, -0.2) is 118 Å². The van der Waals surface area contributed by atoms with Gasteiger partial charge in [0.15, 0.2) is 0 Å². The summed E-state index contributed by atoms with van der Waals surface area (Å²) in [6.07, 6.45) is 8.86. The number of nitrogens with zero attached hydrogens (tertiary/aromatic N) is 4. The Labute approximate surface area is 297 Å². The third-order valence-corrected chi connectivity index (χ3v) is 8.85. The number of hydrogen-bond donors (Lipinski definition) is 4. The molecule has 2 unspecified atom stereocenters. The van der Waals surface area contributed by atoms with Crippen LogP contribution in [0.15, 0.2) is 85.5 Å². The van der Waals surface area contributed by atoms with Gasteiger partial charge in [-0.2, -0.15) is 0 Å². The summed E-state index contributed by atoms with van der Waals surface area (Å²) in [6.45, 7) is 8.47. The van der Waals surface area contributed by atoms with Crippen LogP contribution in [0, 0.1) is 13.8 Å². The van der Waals surface area contributed by atoms with E-state index in [0.29, 0.717) is 26.3 Å². The Morgan fingerprint density at radius 2 is 1.04 bits per heavy atom. The molecule has 4 rings (SSSR count). The van der Waals surface area contributed by atoms with Crippen LogP contribution >= 0.6 is 0 Å². The molecule has 10 heteroatoms. The van der Waals surface area contributed by atoms with E-state index in [0.717, 1.165) is 96.7 Å². The highest BCUT2D eigenvalue weighted by Gasteiger charge is 2.15. The molecule has 50 heavy (non-hydrogen) atoms. The fourth-order valence-corrected chi connectivity index (χ4v) is 6.03. The SMILES string of the molecule is Cc1c(OCCCN(CCc2cccnc2)CC(O)CO)cccc1-c1cccc(OCCCN(CCc2cccnc2)CC(O)CO)c1C. The summed E-state index contributed by atoms with van der Waals surface area (Å²) in [7, 11) is 0. The van der Waals surface area contributed by atoms with Crippen molar-refractivity contribution < 1.29 is 29.9 Å². The minimum absolute atomic E-state index is 0.264. The van der Waals surface area contributed by atoms with Gasteiger partial charge in [-0.3, -0.25) is 9.97 Å². The van der Waals surface area contributed by atoms with Gasteiger partial charge in [0, 0.05) is 64.1 Å². The molecule has 270 valence electrons. The Hall–Kier alpha value is -3.90. The standard InChI is InChI=1S/C40H54N4O6/c1-31-37(11-3-13-39(31)49-23-7-19-43(27-35(47)29-45)21-15-33-9-5-17-41-25-33)38-12-4-14-40(32(38)2)50-24-8-20-44(28-36(48)30-46)22-16-34-10-6-18-42-26-34/h3-6,9-14,17-18,25-26,35-36,45-48H,7-8,15-16,19-24,27-30H2,1-2H3. The quantitative estimate of drug-likeness (QED) is 0.0847. The first-order valence-electron chi connectivity index (χ1n) is 17.6. The third kappa shape index (κ3) is 12.8. The summed E-state index contributed by atoms with van der Waals surface area (Å²) >= 11 is 0. The third-order valence-electron chi connectivity index (χ3n) is 8.85. The summed E-state index contributed by atoms with van der Waals surface area (Å²) in [5, 5.41) is 39.0. The highest BCUT2D eigenvalue weighted by atomic mass is 16.5. The Balaban J connectivity index is 1.30. The number of pyridine rings is 2. The zero-order valence-electron chi connectivity index (χ0n) is 29.5. The van der Waals surface area contributed by atoms with Crippen molar-refractivity contribution in [1.29, 1.82) is 0 Å². The number of hydrogen-bond acceptors (Lipinski definition) is 10. The zero-order valence-corrected chi connectivity index (χ0v) is 29.5. The lowest BCUT2D eigenvalue weighted by Gasteiger charge is -2.24. The van der Waals surface area contributed by atoms with Crippen molar-refractivity contribution in [2.24, 2.45) is 0 Å². The molecular weight excluding hydrogens is 632 g/mol. The molecule has 0 aliphatic heterocycles. The van der Waals surface area contributed by atoms with E-state index < -0.39 is 12.2 Å². The summed E-state index contributed by atoms with van der Waals surface area (Å²) in [5.74, 6) is 1.67. The molecule has 2 atom stereocenters. The summed E-state index contributed by atoms with van der Waals surface area (Å²) in [5.41, 5.74) is 6.58. The van der Waals surface area contributed by atoms with E-state index in [2.05, 4.69) is 45.7 Å². The van der Waals surface area contributed by atoms with Crippen LogP contribution in [0.3, 0.4) is 0 Å². The van der Waals surface area contributed by atoms with E-state index in [1.807, 2.05) is 60.9 Å². The van der Waals surface area contributed by atoms with E-state index in [1.54, 1.807) is 12.4 Å². The molecule has 2 aromatic heterocycles. The fraction of sp³-hybridized carbons (Fsp3) is 0.450. The van der Waals surface area contributed by atoms with E-state index >= 15 is 0 Å². The van der Waals surface area contributed by atoms with Gasteiger partial charge in [0.05, 0.1) is 38.6 Å². The molecule has 0 amide bonds. The van der Waals surface area contributed by atoms with Gasteiger partial charge in [0.1, 0.15) is 11.5 Å². The van der Waals surface area contributed by atoms with Crippen LogP contribution in [0.2, 0.25) is 0 Å². The van der Waals surface area contributed by atoms with Gasteiger partial charge in [-0.15, -0.1) is 0 Å². The predicted molar refractivity (Wildman–Crippen MR) is 197 cm³/mol. The molecule has 0 radical (unpaired) electrons. The van der Waals surface area contributed by atoms with Gasteiger partial charge in [0.25, 0.3) is 0 Å². The minimum Gasteiger partial charge on any atom is -0.493 e. The first-order chi connectivity index (χ1) is 24.4. The maximum absolute atomic E-state index is 10.1. The number of aliphatic hydroxyl groups is 4. The van der Waals surface area contributed by atoms with Crippen LogP contribution in [0.25, 0.3) is 11.1 Å². The lowest BCUT2D eigenvalue weighted by atomic mass is 9.95. The smallest absolute Gasteiger partial charge is 0.122 e. The van der Waals surface area contributed by atoms with Crippen molar-refractivity contribution in [3.8, 4) is 22.6 Å². The van der Waals surface area contributed by atoms with Gasteiger partial charge in [-0.25, -0.2) is 0 Å². The second-order valence-corrected chi connectivity index (χ2v) is 12.8. The topological polar surface area (TPSA) is 132 Å². The van der Waals surface area contributed by atoms with E-state index in [1.165, 1.54) is 0 Å². The van der Waals surface area contributed by atoms with Gasteiger partial charge in [-0.1, -0.05) is 36.4 Å². The Bertz CT molecular complexity index is 1410. The zero-order chi connectivity index (χ0) is 35.6. The van der Waals surface area contributed by atoms with Gasteiger partial charge in [-0.05, 0) is 97.2 Å². The maximum atomic E-state index is 10.1. The molecule has 0 saturated heterocycles. The lowest BCUT2D eigenvalue weighted by Crippen LogP contribution is -2.37. The molecule has 0 saturated carbocycles. The van der Waals surface area contributed by atoms with Crippen molar-refractivity contribution in [3.05, 3.63) is 108 Å². The van der Waals surface area contributed by atoms with E-state index in [4.69, 9.17) is 9.47 Å². The molecule has 0 aliphatic carbocycles. The van der Waals surface area contributed by atoms with Crippen molar-refractivity contribution in [2.45, 2.75) is 51.7 Å². The molecule has 4 aromatic rings. The average molecular weight is 687 g/mol. The molecule has 0 bridgehead atoms. The average Bonchev–Trinajstić information content (AvgIpc) is 3.14. The largest absolute Gasteiger partial charge is 0.493 e. The van der Waals surface area contributed by atoms with Crippen molar-refractivity contribution in [2.75, 3.05) is 65.7 Å². The number of rotatable bonds is 23. The van der Waals surface area contributed by atoms with Crippen LogP contribution in [0.4, 0.5) is 0 Å². The van der Waals surface area contributed by atoms with Crippen LogP contribution in [-0.2, 0) is 12.8 Å². The lowest BCUT2D eigenvalue weighted by molar-refractivity contribution is 0.0578. The van der Waals surface area contributed by atoms with Gasteiger partial charge >= 0.3 is 0 Å². The molecular formula is C40H54N4O6. The van der Waals surface area contributed by atoms with Crippen LogP contribution in [0.1, 0.15) is 35.1 Å². The first-order valence-corrected chi connectivity index (χ1v) is 17.6. The normalized spacial score (nSPS) is 12.7. The highest BCUT2D eigenvalue weighted by Crippen LogP contribution is 2.35. The molecule has 0 aliphatic rings. The van der Waals surface area contributed by atoms with Gasteiger partial charge in [0.2, 0.25) is 0 Å².